The highest BCUT2D eigenvalue weighted by atomic mass is 16.4. The fourth-order valence-electron chi connectivity index (χ4n) is 4.58. The van der Waals surface area contributed by atoms with Gasteiger partial charge in [-0.2, -0.15) is 4.98 Å². The number of fused-ring (bicyclic) bond motifs is 1. The number of aromatic nitrogens is 3. The van der Waals surface area contributed by atoms with Crippen molar-refractivity contribution in [2.75, 3.05) is 61.0 Å². The van der Waals surface area contributed by atoms with Gasteiger partial charge in [0.05, 0.1) is 0 Å². The number of nitrogens with zero attached hydrogens (tertiary/aromatic N) is 4. The monoisotopic (exact) mass is 624 g/mol. The average Bonchev–Trinajstić information content (AvgIpc) is 3.56. The number of hydrogen-bond acceptors (Lipinski definition) is 9. The lowest BCUT2D eigenvalue weighted by molar-refractivity contribution is -0.105. The molecule has 244 valence electrons. The summed E-state index contributed by atoms with van der Waals surface area (Å²) < 4.78 is 5.94. The summed E-state index contributed by atoms with van der Waals surface area (Å²) in [4.78, 5) is 25.6. The Labute approximate surface area is 273 Å². The Hall–Kier alpha value is -4.96. The van der Waals surface area contributed by atoms with E-state index in [0.717, 1.165) is 68.2 Å². The van der Waals surface area contributed by atoms with Gasteiger partial charge in [0.15, 0.2) is 11.3 Å². The van der Waals surface area contributed by atoms with Gasteiger partial charge in [-0.15, -0.1) is 0 Å². The predicted molar refractivity (Wildman–Crippen MR) is 192 cm³/mol. The number of carbonyl (C=O) groups excluding carboxylic acids is 1. The van der Waals surface area contributed by atoms with Gasteiger partial charge in [-0.3, -0.25) is 4.79 Å². The van der Waals surface area contributed by atoms with Gasteiger partial charge in [-0.25, -0.2) is 9.97 Å². The van der Waals surface area contributed by atoms with Gasteiger partial charge in [-0.1, -0.05) is 58.0 Å². The molecular weight excluding hydrogens is 576 g/mol. The number of amides is 1. The van der Waals surface area contributed by atoms with Crippen LogP contribution in [0.3, 0.4) is 0 Å². The molecule has 0 radical (unpaired) electrons. The van der Waals surface area contributed by atoms with Crippen LogP contribution in [0.1, 0.15) is 39.7 Å². The van der Waals surface area contributed by atoms with E-state index in [0.29, 0.717) is 29.3 Å². The number of carbonyl (C=O) groups is 1. The van der Waals surface area contributed by atoms with Gasteiger partial charge >= 0.3 is 0 Å². The lowest BCUT2D eigenvalue weighted by atomic mass is 10.1. The van der Waals surface area contributed by atoms with Gasteiger partial charge in [0.25, 0.3) is 5.71 Å². The van der Waals surface area contributed by atoms with E-state index in [1.54, 1.807) is 0 Å². The molecule has 0 spiro atoms. The Balaban J connectivity index is 0.000000446. The summed E-state index contributed by atoms with van der Waals surface area (Å²) >= 11 is 0. The molecule has 2 heterocycles. The topological polar surface area (TPSA) is 120 Å². The molecule has 10 heteroatoms. The fraction of sp³-hybridized carbons (Fsp3) is 0.333. The minimum atomic E-state index is 0.481. The van der Waals surface area contributed by atoms with Crippen molar-refractivity contribution in [1.29, 1.82) is 0 Å². The maximum Gasteiger partial charge on any atom is 0.252 e. The van der Waals surface area contributed by atoms with Crippen LogP contribution >= 0.6 is 0 Å². The summed E-state index contributed by atoms with van der Waals surface area (Å²) in [6.07, 6.45) is 4.16. The maximum absolute atomic E-state index is 9.86. The first-order chi connectivity index (χ1) is 22.6. The average molecular weight is 625 g/mol. The first-order valence-electron chi connectivity index (χ1n) is 16.1. The molecule has 0 aliphatic heterocycles. The molecule has 2 aromatic heterocycles. The standard InChI is InChI=1S/C27H35N7O.C7H7NO.C2H6/c1-4-34(5-2)18-6-16-29-23-13-9-21(10-14-23)26-33-24-25(31-19-32-27(24)35-26)30-17-15-20-7-11-22(28-3)12-8-20;9-6-8-7-4-2-1-3-5-7;1-2/h7-14,19,28-29H,4-6,15-18H2,1-3H3,(H,30,31,32);1-6H,(H,8,9);1-2H3. The smallest absolute Gasteiger partial charge is 0.252 e. The van der Waals surface area contributed by atoms with Crippen molar-refractivity contribution in [3.63, 3.8) is 0 Å². The van der Waals surface area contributed by atoms with E-state index in [-0.39, 0.29) is 0 Å². The molecule has 0 unspecified atom stereocenters. The van der Waals surface area contributed by atoms with Crippen molar-refractivity contribution >= 4 is 40.5 Å². The number of hydrogen-bond donors (Lipinski definition) is 4. The molecule has 10 nitrogen and oxygen atoms in total. The molecule has 4 N–H and O–H groups in total. The summed E-state index contributed by atoms with van der Waals surface area (Å²) in [5.74, 6) is 1.22. The zero-order chi connectivity index (χ0) is 33.0. The van der Waals surface area contributed by atoms with Crippen molar-refractivity contribution in [2.45, 2.75) is 40.5 Å². The highest BCUT2D eigenvalue weighted by molar-refractivity contribution is 5.83. The SMILES string of the molecule is CC.CCN(CC)CCCNc1ccc(-c2nc3c(NCCc4ccc(NC)cc4)ncnc3o2)cc1.O=CNc1ccccc1. The number of nitrogens with one attached hydrogen (secondary N) is 4. The first kappa shape index (κ1) is 35.5. The van der Waals surface area contributed by atoms with Crippen LogP contribution in [0, 0.1) is 0 Å². The summed E-state index contributed by atoms with van der Waals surface area (Å²) in [5.41, 5.74) is 6.31. The Bertz CT molecular complexity index is 1540. The lowest BCUT2D eigenvalue weighted by Crippen LogP contribution is -2.25. The van der Waals surface area contributed by atoms with Gasteiger partial charge in [0, 0.05) is 42.8 Å². The number of benzene rings is 3. The molecule has 0 atom stereocenters. The molecule has 5 aromatic rings. The molecule has 0 saturated heterocycles. The van der Waals surface area contributed by atoms with Crippen molar-refractivity contribution in [3.8, 4) is 11.5 Å². The molecular formula is C36H48N8O2. The molecule has 0 bridgehead atoms. The minimum absolute atomic E-state index is 0.481. The Kier molecular flexibility index (Phi) is 15.6. The van der Waals surface area contributed by atoms with Gasteiger partial charge in [-0.05, 0) is 86.6 Å². The molecule has 5 rings (SSSR count). The van der Waals surface area contributed by atoms with Crippen LogP contribution < -0.4 is 21.3 Å². The third kappa shape index (κ3) is 11.2. The normalized spacial score (nSPS) is 10.3. The minimum Gasteiger partial charge on any atom is -0.417 e. The zero-order valence-corrected chi connectivity index (χ0v) is 27.7. The number of rotatable bonds is 15. The van der Waals surface area contributed by atoms with E-state index in [1.165, 1.54) is 11.9 Å². The van der Waals surface area contributed by atoms with E-state index >= 15 is 0 Å². The van der Waals surface area contributed by atoms with Crippen LogP contribution in [-0.2, 0) is 11.2 Å². The van der Waals surface area contributed by atoms with E-state index < -0.39 is 0 Å². The second-order valence-electron chi connectivity index (χ2n) is 10.0. The third-order valence-electron chi connectivity index (χ3n) is 7.15. The van der Waals surface area contributed by atoms with Crippen LogP contribution in [0.5, 0.6) is 0 Å². The molecule has 3 aromatic carbocycles. The molecule has 1 amide bonds. The van der Waals surface area contributed by atoms with Crippen LogP contribution in [0.25, 0.3) is 22.7 Å². The quantitative estimate of drug-likeness (QED) is 0.0697. The lowest BCUT2D eigenvalue weighted by Gasteiger charge is -2.17. The zero-order valence-electron chi connectivity index (χ0n) is 27.7. The van der Waals surface area contributed by atoms with E-state index in [9.17, 15) is 4.79 Å². The molecule has 46 heavy (non-hydrogen) atoms. The molecule has 0 aliphatic carbocycles. The summed E-state index contributed by atoms with van der Waals surface area (Å²) in [6.45, 7) is 13.4. The van der Waals surface area contributed by atoms with Crippen LogP contribution in [-0.4, -0.2) is 66.0 Å². The second-order valence-corrected chi connectivity index (χ2v) is 10.0. The highest BCUT2D eigenvalue weighted by Gasteiger charge is 2.14. The van der Waals surface area contributed by atoms with Gasteiger partial charge in [0.2, 0.25) is 12.3 Å². The van der Waals surface area contributed by atoms with Crippen LogP contribution in [0.2, 0.25) is 0 Å². The largest absolute Gasteiger partial charge is 0.417 e. The van der Waals surface area contributed by atoms with E-state index in [2.05, 4.69) is 91.4 Å². The van der Waals surface area contributed by atoms with E-state index in [4.69, 9.17) is 4.42 Å². The highest BCUT2D eigenvalue weighted by Crippen LogP contribution is 2.27. The Morgan fingerprint density at radius 1 is 0.804 bits per heavy atom. The maximum atomic E-state index is 9.86. The molecule has 0 fully saturated rings. The van der Waals surface area contributed by atoms with Crippen LogP contribution in [0.15, 0.2) is 89.6 Å². The predicted octanol–water partition coefficient (Wildman–Crippen LogP) is 7.41. The van der Waals surface area contributed by atoms with Gasteiger partial charge in [0.1, 0.15) is 6.33 Å². The van der Waals surface area contributed by atoms with Crippen molar-refractivity contribution in [2.24, 2.45) is 0 Å². The summed E-state index contributed by atoms with van der Waals surface area (Å²) in [7, 11) is 1.92. The van der Waals surface area contributed by atoms with Crippen molar-refractivity contribution < 1.29 is 9.21 Å². The third-order valence-corrected chi connectivity index (χ3v) is 7.15. The fourth-order valence-corrected chi connectivity index (χ4v) is 4.58. The Morgan fingerprint density at radius 3 is 2.15 bits per heavy atom. The van der Waals surface area contributed by atoms with Crippen molar-refractivity contribution in [1.82, 2.24) is 19.9 Å². The summed E-state index contributed by atoms with van der Waals surface area (Å²) in [5, 5.41) is 12.5. The second kappa shape index (κ2) is 20.1. The number of oxazole rings is 1. The number of anilines is 4. The first-order valence-corrected chi connectivity index (χ1v) is 16.1. The Morgan fingerprint density at radius 2 is 1.50 bits per heavy atom. The summed E-state index contributed by atoms with van der Waals surface area (Å²) in [6, 6.07) is 25.9. The van der Waals surface area contributed by atoms with Gasteiger partial charge < -0.3 is 30.6 Å². The van der Waals surface area contributed by atoms with Crippen LogP contribution in [0.4, 0.5) is 22.9 Å². The number of para-hydroxylation sites is 1. The van der Waals surface area contributed by atoms with E-state index in [1.807, 2.05) is 63.4 Å². The molecule has 0 aliphatic rings. The van der Waals surface area contributed by atoms with Crippen molar-refractivity contribution in [3.05, 3.63) is 90.8 Å². The molecule has 0 saturated carbocycles.